The molecule has 0 aliphatic carbocycles. The van der Waals surface area contributed by atoms with Crippen LogP contribution in [0, 0.1) is 0 Å². The molecule has 0 fully saturated rings. The van der Waals surface area contributed by atoms with Crippen molar-refractivity contribution in [3.05, 3.63) is 60.4 Å². The minimum absolute atomic E-state index is 0.424. The second kappa shape index (κ2) is 5.12. The first-order chi connectivity index (χ1) is 8.35. The van der Waals surface area contributed by atoms with Crippen LogP contribution in [0.3, 0.4) is 0 Å². The molecule has 0 bridgehead atoms. The first-order valence-electron chi connectivity index (χ1n) is 5.16. The second-order valence-electron chi connectivity index (χ2n) is 3.45. The van der Waals surface area contributed by atoms with Crippen LogP contribution in [0.5, 0.6) is 0 Å². The Labute approximate surface area is 99.1 Å². The van der Waals surface area contributed by atoms with Gasteiger partial charge in [-0.2, -0.15) is 5.10 Å². The molecular weight excluding hydrogens is 216 g/mol. The van der Waals surface area contributed by atoms with Crippen LogP contribution in [0.25, 0.3) is 6.08 Å². The summed E-state index contributed by atoms with van der Waals surface area (Å²) in [6, 6.07) is 9.43. The molecule has 0 radical (unpaired) electrons. The van der Waals surface area contributed by atoms with Gasteiger partial charge in [0.15, 0.2) is 0 Å². The number of aromatic nitrogens is 2. The fourth-order valence-electron chi connectivity index (χ4n) is 1.55. The highest BCUT2D eigenvalue weighted by Gasteiger charge is 2.14. The lowest BCUT2D eigenvalue weighted by molar-refractivity contribution is -0.135. The molecule has 2 aromatic rings. The molecule has 86 valence electrons. The first-order valence-corrected chi connectivity index (χ1v) is 5.16. The molecule has 0 spiro atoms. The molecule has 1 aromatic carbocycles. The van der Waals surface area contributed by atoms with Gasteiger partial charge in [0.1, 0.15) is 0 Å². The van der Waals surface area contributed by atoms with Gasteiger partial charge in [-0.3, -0.25) is 4.79 Å². The van der Waals surface area contributed by atoms with Crippen molar-refractivity contribution >= 4 is 12.5 Å². The SMILES string of the molecule is C=Cc1cnn(C(OC=O)c2ccccc2)c1. The summed E-state index contributed by atoms with van der Waals surface area (Å²) in [6.07, 6.45) is 4.58. The lowest BCUT2D eigenvalue weighted by Gasteiger charge is -2.15. The third-order valence-corrected chi connectivity index (χ3v) is 2.37. The molecule has 17 heavy (non-hydrogen) atoms. The molecule has 4 heteroatoms. The summed E-state index contributed by atoms with van der Waals surface area (Å²) in [5, 5.41) is 4.14. The molecule has 0 aliphatic heterocycles. The number of carbonyl (C=O) groups excluding carboxylic acids is 1. The highest BCUT2D eigenvalue weighted by Crippen LogP contribution is 2.18. The quantitative estimate of drug-likeness (QED) is 0.737. The minimum atomic E-state index is -0.539. The second-order valence-corrected chi connectivity index (χ2v) is 3.45. The van der Waals surface area contributed by atoms with Crippen LogP contribution in [0.15, 0.2) is 49.3 Å². The van der Waals surface area contributed by atoms with Crippen molar-refractivity contribution < 1.29 is 9.53 Å². The zero-order valence-electron chi connectivity index (χ0n) is 9.19. The Balaban J connectivity index is 2.35. The van der Waals surface area contributed by atoms with E-state index in [1.165, 1.54) is 0 Å². The summed E-state index contributed by atoms with van der Waals surface area (Å²) in [5.41, 5.74) is 1.73. The van der Waals surface area contributed by atoms with Crippen LogP contribution in [0.4, 0.5) is 0 Å². The van der Waals surface area contributed by atoms with Gasteiger partial charge in [-0.25, -0.2) is 4.68 Å². The topological polar surface area (TPSA) is 44.1 Å². The van der Waals surface area contributed by atoms with Crippen LogP contribution >= 0.6 is 0 Å². The van der Waals surface area contributed by atoms with Gasteiger partial charge < -0.3 is 4.74 Å². The molecule has 0 saturated carbocycles. The maximum Gasteiger partial charge on any atom is 0.295 e. The van der Waals surface area contributed by atoms with E-state index in [2.05, 4.69) is 11.7 Å². The smallest absolute Gasteiger partial charge is 0.295 e. The van der Waals surface area contributed by atoms with Crippen molar-refractivity contribution in [2.24, 2.45) is 0 Å². The Morgan fingerprint density at radius 1 is 1.35 bits per heavy atom. The fraction of sp³-hybridized carbons (Fsp3) is 0.0769. The maximum absolute atomic E-state index is 10.6. The van der Waals surface area contributed by atoms with Crippen molar-refractivity contribution in [1.82, 2.24) is 9.78 Å². The monoisotopic (exact) mass is 228 g/mol. The van der Waals surface area contributed by atoms with Crippen LogP contribution in [-0.4, -0.2) is 16.3 Å². The van der Waals surface area contributed by atoms with Gasteiger partial charge >= 0.3 is 0 Å². The molecule has 1 unspecified atom stereocenters. The number of hydrogen-bond donors (Lipinski definition) is 0. The summed E-state index contributed by atoms with van der Waals surface area (Å²) in [4.78, 5) is 10.6. The van der Waals surface area contributed by atoms with E-state index in [0.717, 1.165) is 11.1 Å². The van der Waals surface area contributed by atoms with Crippen LogP contribution in [-0.2, 0) is 9.53 Å². The summed E-state index contributed by atoms with van der Waals surface area (Å²) >= 11 is 0. The minimum Gasteiger partial charge on any atom is -0.437 e. The van der Waals surface area contributed by atoms with E-state index < -0.39 is 6.23 Å². The van der Waals surface area contributed by atoms with Crippen molar-refractivity contribution in [2.75, 3.05) is 0 Å². The Bertz CT molecular complexity index is 505. The molecule has 0 N–H and O–H groups in total. The van der Waals surface area contributed by atoms with E-state index in [1.54, 1.807) is 23.2 Å². The molecule has 2 rings (SSSR count). The van der Waals surface area contributed by atoms with E-state index in [4.69, 9.17) is 4.74 Å². The van der Waals surface area contributed by atoms with Gasteiger partial charge in [-0.1, -0.05) is 43.0 Å². The molecule has 4 nitrogen and oxygen atoms in total. The zero-order valence-corrected chi connectivity index (χ0v) is 9.19. The standard InChI is InChI=1S/C13H12N2O2/c1-2-11-8-14-15(9-11)13(17-10-16)12-6-4-3-5-7-12/h2-10,13H,1H2. The van der Waals surface area contributed by atoms with Crippen LogP contribution in [0.1, 0.15) is 17.4 Å². The molecule has 1 heterocycles. The number of carbonyl (C=O) groups is 1. The average molecular weight is 228 g/mol. The Morgan fingerprint density at radius 3 is 2.71 bits per heavy atom. The van der Waals surface area contributed by atoms with E-state index in [1.807, 2.05) is 30.3 Å². The molecule has 1 aromatic heterocycles. The van der Waals surface area contributed by atoms with Crippen LogP contribution in [0.2, 0.25) is 0 Å². The third-order valence-electron chi connectivity index (χ3n) is 2.37. The van der Waals surface area contributed by atoms with Gasteiger partial charge in [-0.15, -0.1) is 0 Å². The molecule has 0 saturated heterocycles. The van der Waals surface area contributed by atoms with Gasteiger partial charge in [0.2, 0.25) is 6.23 Å². The van der Waals surface area contributed by atoms with Gasteiger partial charge in [0.25, 0.3) is 6.47 Å². The molecule has 0 amide bonds. The molecule has 0 aliphatic rings. The van der Waals surface area contributed by atoms with Crippen LogP contribution < -0.4 is 0 Å². The fourth-order valence-corrected chi connectivity index (χ4v) is 1.55. The van der Waals surface area contributed by atoms with E-state index in [9.17, 15) is 4.79 Å². The summed E-state index contributed by atoms with van der Waals surface area (Å²) in [5.74, 6) is 0. The van der Waals surface area contributed by atoms with Crippen molar-refractivity contribution in [3.8, 4) is 0 Å². The largest absolute Gasteiger partial charge is 0.437 e. The Morgan fingerprint density at radius 2 is 2.12 bits per heavy atom. The predicted molar refractivity (Wildman–Crippen MR) is 64.0 cm³/mol. The Kier molecular flexibility index (Phi) is 3.35. The van der Waals surface area contributed by atoms with Gasteiger partial charge in [0, 0.05) is 17.3 Å². The highest BCUT2D eigenvalue weighted by molar-refractivity contribution is 5.44. The predicted octanol–water partition coefficient (Wildman–Crippen LogP) is 2.25. The summed E-state index contributed by atoms with van der Waals surface area (Å²) in [6.45, 7) is 4.08. The van der Waals surface area contributed by atoms with Crippen molar-refractivity contribution in [3.63, 3.8) is 0 Å². The normalized spacial score (nSPS) is 11.8. The van der Waals surface area contributed by atoms with E-state index in [-0.39, 0.29) is 0 Å². The number of rotatable bonds is 5. The number of benzene rings is 1. The highest BCUT2D eigenvalue weighted by atomic mass is 16.5. The van der Waals surface area contributed by atoms with Gasteiger partial charge in [0.05, 0.1) is 6.20 Å². The third kappa shape index (κ3) is 2.42. The van der Waals surface area contributed by atoms with Gasteiger partial charge in [-0.05, 0) is 0 Å². The first kappa shape index (κ1) is 11.1. The summed E-state index contributed by atoms with van der Waals surface area (Å²) in [7, 11) is 0. The molecular formula is C13H12N2O2. The zero-order chi connectivity index (χ0) is 12.1. The average Bonchev–Trinajstić information content (AvgIpc) is 2.85. The van der Waals surface area contributed by atoms with Crippen molar-refractivity contribution in [2.45, 2.75) is 6.23 Å². The summed E-state index contributed by atoms with van der Waals surface area (Å²) < 4.78 is 6.64. The number of nitrogens with zero attached hydrogens (tertiary/aromatic N) is 2. The molecule has 1 atom stereocenters. The lowest BCUT2D eigenvalue weighted by Crippen LogP contribution is -2.14. The maximum atomic E-state index is 10.6. The van der Waals surface area contributed by atoms with E-state index >= 15 is 0 Å². The number of hydrogen-bond acceptors (Lipinski definition) is 3. The number of ether oxygens (including phenoxy) is 1. The Hall–Kier alpha value is -2.36. The lowest BCUT2D eigenvalue weighted by atomic mass is 10.2. The van der Waals surface area contributed by atoms with E-state index in [0.29, 0.717) is 6.47 Å². The van der Waals surface area contributed by atoms with Crippen molar-refractivity contribution in [1.29, 1.82) is 0 Å².